The van der Waals surface area contributed by atoms with E-state index in [-0.39, 0.29) is 43.8 Å². The monoisotopic (exact) mass is 1060 g/mol. The second kappa shape index (κ2) is 16.9. The number of fused-ring (bicyclic) bond motifs is 10. The van der Waals surface area contributed by atoms with Crippen LogP contribution in [0.5, 0.6) is 0 Å². The molecule has 0 saturated heterocycles. The van der Waals surface area contributed by atoms with Gasteiger partial charge in [-0.15, -0.1) is 0 Å². The third kappa shape index (κ3) is 7.49. The van der Waals surface area contributed by atoms with Gasteiger partial charge in [0.2, 0.25) is 0 Å². The normalized spacial score (nSPS) is 19.7. The minimum Gasteiger partial charge on any atom is -0.309 e. The Morgan fingerprint density at radius 1 is 0.407 bits per heavy atom. The van der Waals surface area contributed by atoms with Crippen molar-refractivity contribution >= 4 is 34.1 Å². The number of rotatable bonds is 3. The predicted molar refractivity (Wildman–Crippen MR) is 344 cm³/mol. The van der Waals surface area contributed by atoms with Crippen LogP contribution in [0.2, 0.25) is 0 Å². The molecule has 8 aromatic carbocycles. The molecule has 14 rings (SSSR count). The first-order valence-corrected chi connectivity index (χ1v) is 30.5. The Morgan fingerprint density at radius 2 is 0.988 bits per heavy atom. The third-order valence-electron chi connectivity index (χ3n) is 21.2. The first-order chi connectivity index (χ1) is 38.1. The summed E-state index contributed by atoms with van der Waals surface area (Å²) < 4.78 is 0. The molecule has 8 aromatic rings. The Hall–Kier alpha value is -6.90. The topological polar surface area (TPSA) is 6.48 Å². The fourth-order valence-electron chi connectivity index (χ4n) is 16.3. The van der Waals surface area contributed by atoms with Gasteiger partial charge < -0.3 is 9.80 Å². The van der Waals surface area contributed by atoms with Crippen molar-refractivity contribution in [3.05, 3.63) is 246 Å². The molecule has 0 bridgehead atoms. The number of aryl methyl sites for hydroxylation is 1. The maximum Gasteiger partial charge on any atom is 0.0542 e. The largest absolute Gasteiger partial charge is 0.309 e. The molecule has 410 valence electrons. The molecule has 2 nitrogen and oxygen atoms in total. The summed E-state index contributed by atoms with van der Waals surface area (Å²) in [7, 11) is 0. The maximum absolute atomic E-state index is 2.78. The Kier molecular flexibility index (Phi) is 10.9. The van der Waals surface area contributed by atoms with Gasteiger partial charge in [0.05, 0.1) is 28.4 Å². The predicted octanol–water partition coefficient (Wildman–Crippen LogP) is 20.8. The molecule has 2 heterocycles. The summed E-state index contributed by atoms with van der Waals surface area (Å²) in [5.74, 6) is 0.0189. The summed E-state index contributed by atoms with van der Waals surface area (Å²) in [6.45, 7) is 41.2. The van der Waals surface area contributed by atoms with E-state index >= 15 is 0 Å². The van der Waals surface area contributed by atoms with E-state index in [0.717, 1.165) is 12.8 Å². The van der Waals surface area contributed by atoms with Gasteiger partial charge in [-0.1, -0.05) is 208 Å². The average Bonchev–Trinajstić information content (AvgIpc) is 4.08. The zero-order valence-electron chi connectivity index (χ0n) is 51.7. The van der Waals surface area contributed by atoms with E-state index in [1.807, 2.05) is 0 Å². The highest BCUT2D eigenvalue weighted by molar-refractivity contribution is 6.04. The Bertz CT molecular complexity index is 4050. The molecule has 0 saturated carbocycles. The van der Waals surface area contributed by atoms with Crippen LogP contribution >= 0.6 is 0 Å². The number of hydrogen-bond acceptors (Lipinski definition) is 2. The van der Waals surface area contributed by atoms with Gasteiger partial charge in [0, 0.05) is 44.5 Å². The van der Waals surface area contributed by atoms with Crippen molar-refractivity contribution < 1.29 is 0 Å². The molecule has 6 aliphatic rings. The van der Waals surface area contributed by atoms with Crippen molar-refractivity contribution in [2.24, 2.45) is 0 Å². The van der Waals surface area contributed by atoms with Crippen molar-refractivity contribution in [1.29, 1.82) is 0 Å². The molecule has 0 amide bonds. The molecule has 0 radical (unpaired) electrons. The lowest BCUT2D eigenvalue weighted by molar-refractivity contribution is 0.332. The lowest BCUT2D eigenvalue weighted by Crippen LogP contribution is -2.37. The summed E-state index contributed by atoms with van der Waals surface area (Å²) in [5, 5.41) is 0. The van der Waals surface area contributed by atoms with Crippen LogP contribution in [0, 0.1) is 6.92 Å². The van der Waals surface area contributed by atoms with Gasteiger partial charge >= 0.3 is 0 Å². The van der Waals surface area contributed by atoms with Gasteiger partial charge in [-0.05, 0) is 197 Å². The second-order valence-electron chi connectivity index (χ2n) is 30.6. The average molecular weight is 1060 g/mol. The van der Waals surface area contributed by atoms with Crippen LogP contribution in [0.3, 0.4) is 0 Å². The Balaban J connectivity index is 1.09. The molecule has 2 heteroatoms. The smallest absolute Gasteiger partial charge is 0.0542 e. The molecule has 0 spiro atoms. The number of benzene rings is 8. The summed E-state index contributed by atoms with van der Waals surface area (Å²) in [4.78, 5) is 5.51. The lowest BCUT2D eigenvalue weighted by Gasteiger charge is -2.47. The summed E-state index contributed by atoms with van der Waals surface area (Å²) in [6.07, 6.45) is 4.16. The van der Waals surface area contributed by atoms with Crippen molar-refractivity contribution in [3.8, 4) is 11.1 Å². The zero-order chi connectivity index (χ0) is 57.0. The number of anilines is 5. The number of hydrogen-bond donors (Lipinski definition) is 0. The van der Waals surface area contributed by atoms with Crippen LogP contribution in [0.15, 0.2) is 151 Å². The minimum absolute atomic E-state index is 0.0189. The van der Waals surface area contributed by atoms with Crippen LogP contribution in [-0.2, 0) is 50.7 Å². The Morgan fingerprint density at radius 3 is 1.64 bits per heavy atom. The maximum atomic E-state index is 2.78. The van der Waals surface area contributed by atoms with E-state index in [4.69, 9.17) is 0 Å². The van der Waals surface area contributed by atoms with Gasteiger partial charge in [0.25, 0.3) is 0 Å². The van der Waals surface area contributed by atoms with Crippen LogP contribution in [-0.4, -0.2) is 0 Å². The van der Waals surface area contributed by atoms with Gasteiger partial charge in [-0.3, -0.25) is 0 Å². The number of allylic oxidation sites excluding steroid dienone is 1. The van der Waals surface area contributed by atoms with Gasteiger partial charge in [0.1, 0.15) is 0 Å². The van der Waals surface area contributed by atoms with Crippen molar-refractivity contribution in [2.45, 2.75) is 187 Å². The molecule has 1 atom stereocenters. The van der Waals surface area contributed by atoms with E-state index < -0.39 is 0 Å². The Labute approximate surface area is 485 Å². The van der Waals surface area contributed by atoms with E-state index in [9.17, 15) is 0 Å². The zero-order valence-corrected chi connectivity index (χ0v) is 51.7. The lowest BCUT2D eigenvalue weighted by atomic mass is 9.59. The SMILES string of the molecule is Cc1cc2c3c(c1)N(c1ccc(C(C)(C)C)cc1-c1ccc(C(C)(C)C)cc1)c1cc4c(cc1C3C1=C(c3cc5c(cc3C1)C(C)(C)c1ccccc1C5(C)C)N2c1ccc2c(c1)C(C)(C)CCC2(C)C)C(C)(C)c1ccccc1C4. The third-order valence-corrected chi connectivity index (χ3v) is 21.2. The molecule has 81 heavy (non-hydrogen) atoms. The second-order valence-corrected chi connectivity index (χ2v) is 30.6. The molecular formula is C79H84N2. The van der Waals surface area contributed by atoms with E-state index in [1.54, 1.807) is 0 Å². The first-order valence-electron chi connectivity index (χ1n) is 30.5. The standard InChI is InChI=1S/C79H84N2/c1-46-36-68-71-69(37-46)81(66-33-30-52(74(5,6)7)42-54(66)47-26-28-51(29-27-47)73(2,3)4)67-41-50-38-48-22-18-19-23-58(48)77(12,13)62(50)45-56(67)70(71)57-39-49-40-64-65(79(16,17)61-25-21-20-24-60(61)78(64,14)15)44-55(49)72(57)80(68)53-31-32-59-63(43-53)76(10,11)35-34-75(59,8)9/h18-33,36-37,40-45,70H,34-35,38-39H2,1-17H3. The van der Waals surface area contributed by atoms with Crippen LogP contribution in [0.1, 0.15) is 224 Å². The van der Waals surface area contributed by atoms with E-state index in [1.165, 1.54) is 158 Å². The van der Waals surface area contributed by atoms with E-state index in [0.29, 0.717) is 0 Å². The fourth-order valence-corrected chi connectivity index (χ4v) is 16.3. The summed E-state index contributed by atoms with van der Waals surface area (Å²) in [5.41, 5.74) is 35.6. The highest BCUT2D eigenvalue weighted by Crippen LogP contribution is 2.65. The molecule has 2 aliphatic heterocycles. The van der Waals surface area contributed by atoms with Gasteiger partial charge in [-0.2, -0.15) is 0 Å². The minimum atomic E-state index is -0.194. The van der Waals surface area contributed by atoms with Crippen LogP contribution in [0.25, 0.3) is 16.8 Å². The highest BCUT2D eigenvalue weighted by Gasteiger charge is 2.50. The first kappa shape index (κ1) is 52.2. The molecule has 0 N–H and O–H groups in total. The van der Waals surface area contributed by atoms with Crippen molar-refractivity contribution in [3.63, 3.8) is 0 Å². The molecule has 4 aliphatic carbocycles. The molecular weight excluding hydrogens is 977 g/mol. The quantitative estimate of drug-likeness (QED) is 0.174. The van der Waals surface area contributed by atoms with Crippen molar-refractivity contribution in [1.82, 2.24) is 0 Å². The summed E-state index contributed by atoms with van der Waals surface area (Å²) >= 11 is 0. The highest BCUT2D eigenvalue weighted by atomic mass is 15.2. The molecule has 0 aromatic heterocycles. The number of nitrogens with zero attached hydrogens (tertiary/aromatic N) is 2. The van der Waals surface area contributed by atoms with E-state index in [2.05, 4.69) is 273 Å². The summed E-state index contributed by atoms with van der Waals surface area (Å²) in [6, 6.07) is 59.0. The molecule has 1 unspecified atom stereocenters. The van der Waals surface area contributed by atoms with Crippen LogP contribution in [0.4, 0.5) is 28.4 Å². The van der Waals surface area contributed by atoms with Gasteiger partial charge in [0.15, 0.2) is 0 Å². The molecule has 0 fully saturated rings. The fraction of sp³-hybridized carbons (Fsp3) is 0.367. The van der Waals surface area contributed by atoms with Crippen molar-refractivity contribution in [2.75, 3.05) is 9.80 Å². The van der Waals surface area contributed by atoms with Gasteiger partial charge in [-0.25, -0.2) is 0 Å². The van der Waals surface area contributed by atoms with Crippen LogP contribution < -0.4 is 9.80 Å².